The monoisotopic (exact) mass is 447 g/mol. The molecule has 0 aliphatic heterocycles. The largest absolute Gasteiger partial charge is 0.470 e. The summed E-state index contributed by atoms with van der Waals surface area (Å²) < 4.78 is 33.9. The van der Waals surface area contributed by atoms with Gasteiger partial charge in [-0.25, -0.2) is 18.4 Å². The number of sulfonamides is 1. The van der Waals surface area contributed by atoms with Gasteiger partial charge in [-0.05, 0) is 47.5 Å². The third-order valence-electron chi connectivity index (χ3n) is 3.73. The third-order valence-corrected chi connectivity index (χ3v) is 5.47. The van der Waals surface area contributed by atoms with Gasteiger partial charge in [0.05, 0.1) is 11.1 Å². The van der Waals surface area contributed by atoms with Crippen molar-refractivity contribution in [2.24, 2.45) is 0 Å². The average Bonchev–Trinajstić information content (AvgIpc) is 2.62. The lowest BCUT2D eigenvalue weighted by atomic mass is 10.1. The Morgan fingerprint density at radius 1 is 1.07 bits per heavy atom. The minimum atomic E-state index is -3.80. The predicted octanol–water partition coefficient (Wildman–Crippen LogP) is 4.24. The normalized spacial score (nSPS) is 11.2. The highest BCUT2D eigenvalue weighted by Gasteiger charge is 2.19. The first-order valence-electron chi connectivity index (χ1n) is 8.14. The van der Waals surface area contributed by atoms with Crippen LogP contribution in [-0.2, 0) is 16.6 Å². The minimum absolute atomic E-state index is 0.0337. The fourth-order valence-corrected chi connectivity index (χ4v) is 3.65. The topological polar surface area (TPSA) is 81.2 Å². The van der Waals surface area contributed by atoms with Crippen molar-refractivity contribution in [3.63, 3.8) is 0 Å². The van der Waals surface area contributed by atoms with E-state index in [0.717, 1.165) is 16.7 Å². The molecule has 0 radical (unpaired) electrons. The zero-order chi connectivity index (χ0) is 19.4. The highest BCUT2D eigenvalue weighted by molar-refractivity contribution is 9.10. The highest BCUT2D eigenvalue weighted by atomic mass is 79.9. The molecule has 0 aliphatic rings. The molecule has 3 rings (SSSR count). The van der Waals surface area contributed by atoms with Crippen LogP contribution in [0.25, 0.3) is 0 Å². The van der Waals surface area contributed by atoms with Crippen molar-refractivity contribution in [1.82, 2.24) is 9.97 Å². The molecule has 0 amide bonds. The number of rotatable bonds is 6. The van der Waals surface area contributed by atoms with Gasteiger partial charge in [0.25, 0.3) is 15.9 Å². The highest BCUT2D eigenvalue weighted by Crippen LogP contribution is 2.25. The fourth-order valence-electron chi connectivity index (χ4n) is 2.38. The van der Waals surface area contributed by atoms with E-state index < -0.39 is 10.0 Å². The van der Waals surface area contributed by atoms with Gasteiger partial charge in [-0.2, -0.15) is 0 Å². The summed E-state index contributed by atoms with van der Waals surface area (Å²) in [5.41, 5.74) is 3.03. The maximum absolute atomic E-state index is 12.6. The van der Waals surface area contributed by atoms with E-state index in [-0.39, 0.29) is 23.2 Å². The van der Waals surface area contributed by atoms with Crippen molar-refractivity contribution in [2.75, 3.05) is 4.72 Å². The van der Waals surface area contributed by atoms with Gasteiger partial charge >= 0.3 is 0 Å². The van der Waals surface area contributed by atoms with Gasteiger partial charge in [0, 0.05) is 0 Å². The summed E-state index contributed by atoms with van der Waals surface area (Å²) in [5, 5.41) is 0. The average molecular weight is 448 g/mol. The van der Waals surface area contributed by atoms with Gasteiger partial charge in [-0.3, -0.25) is 4.72 Å². The minimum Gasteiger partial charge on any atom is -0.470 e. The summed E-state index contributed by atoms with van der Waals surface area (Å²) in [6.45, 7) is 4.12. The smallest absolute Gasteiger partial charge is 0.263 e. The van der Waals surface area contributed by atoms with E-state index in [4.69, 9.17) is 4.74 Å². The molecular formula is C19H18BrN3O3S. The Labute approximate surface area is 166 Å². The lowest BCUT2D eigenvalue weighted by molar-refractivity contribution is 0.294. The number of aromatic nitrogens is 2. The number of nitrogens with zero attached hydrogens (tertiary/aromatic N) is 2. The molecule has 6 nitrogen and oxygen atoms in total. The standard InChI is InChI=1S/C19H18BrN3O3S/c1-13-6-8-16(9-7-13)27(24,25)23-18-19(22-17(20)11-21-18)26-12-15-5-3-4-14(2)10-15/h3-11H,12H2,1-2H3,(H,21,23). The van der Waals surface area contributed by atoms with E-state index in [2.05, 4.69) is 30.6 Å². The SMILES string of the molecule is Cc1ccc(S(=O)(=O)Nc2ncc(Br)nc2OCc2cccc(C)c2)cc1. The molecule has 0 saturated carbocycles. The molecule has 2 aromatic carbocycles. The Morgan fingerprint density at radius 2 is 1.81 bits per heavy atom. The Balaban J connectivity index is 1.84. The van der Waals surface area contributed by atoms with Crippen molar-refractivity contribution in [3.05, 3.63) is 76.0 Å². The summed E-state index contributed by atoms with van der Waals surface area (Å²) in [4.78, 5) is 8.46. The van der Waals surface area contributed by atoms with E-state index >= 15 is 0 Å². The maximum Gasteiger partial charge on any atom is 0.263 e. The molecule has 0 fully saturated rings. The Morgan fingerprint density at radius 3 is 2.52 bits per heavy atom. The number of hydrogen-bond donors (Lipinski definition) is 1. The fraction of sp³-hybridized carbons (Fsp3) is 0.158. The van der Waals surface area contributed by atoms with Crippen LogP contribution in [0.15, 0.2) is 64.2 Å². The van der Waals surface area contributed by atoms with Gasteiger partial charge in [0.15, 0.2) is 0 Å². The van der Waals surface area contributed by atoms with E-state index in [1.807, 2.05) is 38.1 Å². The third kappa shape index (κ3) is 5.05. The summed E-state index contributed by atoms with van der Waals surface area (Å²) in [6.07, 6.45) is 1.41. The van der Waals surface area contributed by atoms with Crippen LogP contribution in [0.3, 0.4) is 0 Å². The van der Waals surface area contributed by atoms with Gasteiger partial charge in [-0.1, -0.05) is 47.5 Å². The second-order valence-electron chi connectivity index (χ2n) is 6.04. The molecular weight excluding hydrogens is 430 g/mol. The van der Waals surface area contributed by atoms with Crippen LogP contribution in [0.1, 0.15) is 16.7 Å². The molecule has 8 heteroatoms. The number of halogens is 1. The zero-order valence-corrected chi connectivity index (χ0v) is 17.2. The van der Waals surface area contributed by atoms with Crippen LogP contribution in [0, 0.1) is 13.8 Å². The second-order valence-corrected chi connectivity index (χ2v) is 8.54. The number of nitrogens with one attached hydrogen (secondary N) is 1. The number of aryl methyl sites for hydroxylation is 2. The molecule has 27 heavy (non-hydrogen) atoms. The van der Waals surface area contributed by atoms with Crippen molar-refractivity contribution < 1.29 is 13.2 Å². The maximum atomic E-state index is 12.6. The number of anilines is 1. The Bertz CT molecular complexity index is 1050. The molecule has 0 saturated heterocycles. The molecule has 0 bridgehead atoms. The van der Waals surface area contributed by atoms with Crippen LogP contribution in [-0.4, -0.2) is 18.4 Å². The van der Waals surface area contributed by atoms with Crippen molar-refractivity contribution >= 4 is 31.8 Å². The van der Waals surface area contributed by atoms with Crippen LogP contribution in [0.2, 0.25) is 0 Å². The van der Waals surface area contributed by atoms with Crippen LogP contribution >= 0.6 is 15.9 Å². The van der Waals surface area contributed by atoms with Crippen molar-refractivity contribution in [3.8, 4) is 5.88 Å². The van der Waals surface area contributed by atoms with Gasteiger partial charge in [0.2, 0.25) is 5.82 Å². The molecule has 3 aromatic rings. The van der Waals surface area contributed by atoms with Crippen LogP contribution in [0.4, 0.5) is 5.82 Å². The summed E-state index contributed by atoms with van der Waals surface area (Å²) in [5.74, 6) is 0.132. The number of benzene rings is 2. The molecule has 0 atom stereocenters. The number of hydrogen-bond acceptors (Lipinski definition) is 5. The van der Waals surface area contributed by atoms with E-state index in [1.165, 1.54) is 18.3 Å². The van der Waals surface area contributed by atoms with Crippen molar-refractivity contribution in [1.29, 1.82) is 0 Å². The quantitative estimate of drug-likeness (QED) is 0.610. The first-order valence-corrected chi connectivity index (χ1v) is 10.4. The summed E-state index contributed by atoms with van der Waals surface area (Å²) in [6, 6.07) is 14.4. The molecule has 1 N–H and O–H groups in total. The van der Waals surface area contributed by atoms with Gasteiger partial charge < -0.3 is 4.74 Å². The molecule has 1 heterocycles. The van der Waals surface area contributed by atoms with Crippen LogP contribution in [0.5, 0.6) is 5.88 Å². The van der Waals surface area contributed by atoms with Crippen LogP contribution < -0.4 is 9.46 Å². The van der Waals surface area contributed by atoms with E-state index in [1.54, 1.807) is 12.1 Å². The lowest BCUT2D eigenvalue weighted by Crippen LogP contribution is -2.15. The number of ether oxygens (including phenoxy) is 1. The van der Waals surface area contributed by atoms with Crippen molar-refractivity contribution in [2.45, 2.75) is 25.3 Å². The predicted molar refractivity (Wildman–Crippen MR) is 107 cm³/mol. The summed E-state index contributed by atoms with van der Waals surface area (Å²) >= 11 is 3.24. The lowest BCUT2D eigenvalue weighted by Gasteiger charge is -2.12. The van der Waals surface area contributed by atoms with Gasteiger partial charge in [-0.15, -0.1) is 0 Å². The first kappa shape index (κ1) is 19.3. The zero-order valence-electron chi connectivity index (χ0n) is 14.8. The molecule has 0 unspecified atom stereocenters. The first-order chi connectivity index (χ1) is 12.8. The molecule has 1 aromatic heterocycles. The Kier molecular flexibility index (Phi) is 5.76. The van der Waals surface area contributed by atoms with E-state index in [9.17, 15) is 8.42 Å². The Hall–Kier alpha value is -2.45. The summed E-state index contributed by atoms with van der Waals surface area (Å²) in [7, 11) is -3.80. The van der Waals surface area contributed by atoms with Gasteiger partial charge in [0.1, 0.15) is 11.2 Å². The molecule has 0 aliphatic carbocycles. The molecule has 140 valence electrons. The van der Waals surface area contributed by atoms with E-state index in [0.29, 0.717) is 4.60 Å². The second kappa shape index (κ2) is 8.06. The molecule has 0 spiro atoms.